The third kappa shape index (κ3) is 3.23. The van der Waals surface area contributed by atoms with Gasteiger partial charge in [-0.3, -0.25) is 4.79 Å². The highest BCUT2D eigenvalue weighted by atomic mass is 19.3. The van der Waals surface area contributed by atoms with E-state index in [1.165, 1.54) is 0 Å². The summed E-state index contributed by atoms with van der Waals surface area (Å²) in [6.45, 7) is 0. The van der Waals surface area contributed by atoms with Crippen LogP contribution < -0.4 is 5.32 Å². The number of nitrogens with one attached hydrogen (secondary N) is 1. The molecule has 6 radical (unpaired) electrons. The van der Waals surface area contributed by atoms with E-state index in [9.17, 15) is 13.6 Å². The fourth-order valence-electron chi connectivity index (χ4n) is 2.66. The third-order valence-electron chi connectivity index (χ3n) is 3.79. The molecule has 2 aromatic rings. The Bertz CT molecular complexity index is 777. The molecule has 1 aromatic heterocycles. The molecule has 1 N–H and O–H groups in total. The predicted octanol–water partition coefficient (Wildman–Crippen LogP) is 0.721. The molecule has 1 aliphatic rings. The number of carbonyl (C=O) groups excluding carboxylic acids is 1. The molecule has 1 aliphatic carbocycles. The van der Waals surface area contributed by atoms with E-state index in [1.807, 2.05) is 6.07 Å². The molecule has 24 heavy (non-hydrogen) atoms. The maximum absolute atomic E-state index is 12.4. The average Bonchev–Trinajstić information content (AvgIpc) is 3.13. The molecule has 5 nitrogen and oxygen atoms in total. The second kappa shape index (κ2) is 6.07. The number of hydrogen-bond donors (Lipinski definition) is 1. The Hall–Kier alpha value is -2.12. The van der Waals surface area contributed by atoms with Gasteiger partial charge >= 0.3 is 6.43 Å². The van der Waals surface area contributed by atoms with Crippen LogP contribution in [0.5, 0.6) is 0 Å². The number of aromatic nitrogens is 2. The minimum atomic E-state index is -3.03. The van der Waals surface area contributed by atoms with Crippen LogP contribution in [0.3, 0.4) is 0 Å². The number of benzene rings is 1. The molecule has 0 unspecified atom stereocenters. The molecule has 0 saturated heterocycles. The summed E-state index contributed by atoms with van der Waals surface area (Å²) in [6.07, 6.45) is -1.85. The summed E-state index contributed by atoms with van der Waals surface area (Å²) in [5.74, 6) is -1.12. The lowest BCUT2D eigenvalue weighted by molar-refractivity contribution is -0.132. The molecule has 1 atom stereocenters. The van der Waals surface area contributed by atoms with Crippen LogP contribution in [-0.4, -0.2) is 46.0 Å². The number of fused-ring (bicyclic) bond motifs is 1. The van der Waals surface area contributed by atoms with Gasteiger partial charge in [0.05, 0.1) is 29.6 Å². The van der Waals surface area contributed by atoms with Crippen LogP contribution in [0.1, 0.15) is 29.5 Å². The first-order valence-corrected chi connectivity index (χ1v) is 7.18. The SMILES string of the molecule is [B]C([B])([B])c1nc(-c2ccc3c(c2)CC[C@H]3NC(=O)C(F)F)no1. The van der Waals surface area contributed by atoms with E-state index in [-0.39, 0.29) is 11.7 Å². The van der Waals surface area contributed by atoms with Crippen molar-refractivity contribution in [3.05, 3.63) is 35.2 Å². The molecular formula is C14H10B3F2N3O2. The van der Waals surface area contributed by atoms with Gasteiger partial charge in [0, 0.05) is 5.56 Å². The van der Waals surface area contributed by atoms with E-state index >= 15 is 0 Å². The van der Waals surface area contributed by atoms with Gasteiger partial charge in [-0.1, -0.05) is 22.4 Å². The van der Waals surface area contributed by atoms with Gasteiger partial charge in [-0.15, -0.1) is 0 Å². The van der Waals surface area contributed by atoms with E-state index in [0.29, 0.717) is 18.4 Å². The number of aryl methyl sites for hydroxylation is 1. The normalized spacial score (nSPS) is 17.0. The number of carbonyl (C=O) groups is 1. The first-order valence-electron chi connectivity index (χ1n) is 7.18. The van der Waals surface area contributed by atoms with Crippen molar-refractivity contribution >= 4 is 29.4 Å². The van der Waals surface area contributed by atoms with E-state index < -0.39 is 23.5 Å². The smallest absolute Gasteiger partial charge is 0.315 e. The molecule has 0 aliphatic heterocycles. The lowest BCUT2D eigenvalue weighted by Crippen LogP contribution is -2.32. The van der Waals surface area contributed by atoms with Gasteiger partial charge in [-0.2, -0.15) is 13.8 Å². The highest BCUT2D eigenvalue weighted by Gasteiger charge is 2.28. The minimum absolute atomic E-state index is 0.111. The van der Waals surface area contributed by atoms with Crippen LogP contribution in [0.4, 0.5) is 8.78 Å². The largest absolute Gasteiger partial charge is 0.344 e. The molecule has 1 aromatic carbocycles. The number of alkyl halides is 2. The van der Waals surface area contributed by atoms with Crippen LogP contribution in [0.2, 0.25) is 0 Å². The minimum Gasteiger partial charge on any atom is -0.344 e. The van der Waals surface area contributed by atoms with Crippen molar-refractivity contribution in [2.75, 3.05) is 0 Å². The maximum Gasteiger partial charge on any atom is 0.315 e. The number of amides is 1. The summed E-state index contributed by atoms with van der Waals surface area (Å²) in [7, 11) is 16.5. The molecule has 116 valence electrons. The van der Waals surface area contributed by atoms with Gasteiger partial charge in [-0.25, -0.2) is 0 Å². The van der Waals surface area contributed by atoms with Crippen LogP contribution >= 0.6 is 0 Å². The zero-order chi connectivity index (χ0) is 17.5. The van der Waals surface area contributed by atoms with Gasteiger partial charge in [0.25, 0.3) is 5.91 Å². The Morgan fingerprint density at radius 1 is 1.38 bits per heavy atom. The molecule has 0 fully saturated rings. The summed E-state index contributed by atoms with van der Waals surface area (Å²) in [5.41, 5.74) is 2.36. The summed E-state index contributed by atoms with van der Waals surface area (Å²) < 4.78 is 29.7. The molecule has 1 heterocycles. The van der Waals surface area contributed by atoms with E-state index in [4.69, 9.17) is 28.1 Å². The lowest BCUT2D eigenvalue weighted by atomic mass is 9.42. The summed E-state index contributed by atoms with van der Waals surface area (Å²) >= 11 is 0. The molecule has 0 spiro atoms. The first-order chi connectivity index (χ1) is 11.3. The Morgan fingerprint density at radius 3 is 2.75 bits per heavy atom. The van der Waals surface area contributed by atoms with Gasteiger partial charge in [-0.05, 0) is 30.0 Å². The average molecular weight is 323 g/mol. The van der Waals surface area contributed by atoms with Crippen LogP contribution in [0.15, 0.2) is 22.7 Å². The second-order valence-electron chi connectivity index (χ2n) is 5.67. The van der Waals surface area contributed by atoms with E-state index in [2.05, 4.69) is 15.5 Å². The maximum atomic E-state index is 12.4. The monoisotopic (exact) mass is 323 g/mol. The van der Waals surface area contributed by atoms with Crippen molar-refractivity contribution in [2.45, 2.75) is 30.4 Å². The van der Waals surface area contributed by atoms with Crippen molar-refractivity contribution < 1.29 is 18.1 Å². The van der Waals surface area contributed by atoms with Crippen molar-refractivity contribution in [1.82, 2.24) is 15.5 Å². The lowest BCUT2D eigenvalue weighted by Gasteiger charge is -2.14. The number of nitrogens with zero attached hydrogens (tertiary/aromatic N) is 2. The molecule has 0 bridgehead atoms. The number of hydrogen-bond acceptors (Lipinski definition) is 4. The van der Waals surface area contributed by atoms with Gasteiger partial charge < -0.3 is 9.84 Å². The van der Waals surface area contributed by atoms with Crippen molar-refractivity contribution in [3.8, 4) is 11.4 Å². The molecule has 1 amide bonds. The summed E-state index contributed by atoms with van der Waals surface area (Å²) in [5, 5.41) is 4.37. The first kappa shape index (κ1) is 16.7. The number of rotatable bonds is 4. The Balaban J connectivity index is 1.83. The predicted molar refractivity (Wildman–Crippen MR) is 83.9 cm³/mol. The van der Waals surface area contributed by atoms with Crippen molar-refractivity contribution in [1.29, 1.82) is 0 Å². The van der Waals surface area contributed by atoms with Gasteiger partial charge in [0.15, 0.2) is 0 Å². The Morgan fingerprint density at radius 2 is 2.12 bits per heavy atom. The zero-order valence-corrected chi connectivity index (χ0v) is 12.5. The highest BCUT2D eigenvalue weighted by molar-refractivity contribution is 6.58. The second-order valence-corrected chi connectivity index (χ2v) is 5.67. The standard InChI is InChI=1S/C14H10B3F2N3O2/c15-14(16,17)13-21-11(22-24-13)7-1-3-8-6(5-7)2-4-9(8)20-12(23)10(18)19/h1,3,5,9-10H,2,4H2,(H,20,23)/t9-/m1/s1. The summed E-state index contributed by atoms with van der Waals surface area (Å²) in [6, 6.07) is 4.82. The molecule has 3 rings (SSSR count). The fourth-order valence-corrected chi connectivity index (χ4v) is 2.66. The fraction of sp³-hybridized carbons (Fsp3) is 0.357. The summed E-state index contributed by atoms with van der Waals surface area (Å²) in [4.78, 5) is 15.2. The Labute approximate surface area is 140 Å². The van der Waals surface area contributed by atoms with Gasteiger partial charge in [0.1, 0.15) is 0 Å². The van der Waals surface area contributed by atoms with Crippen LogP contribution in [0.25, 0.3) is 11.4 Å². The van der Waals surface area contributed by atoms with Crippen LogP contribution in [0, 0.1) is 0 Å². The highest BCUT2D eigenvalue weighted by Crippen LogP contribution is 2.34. The van der Waals surface area contributed by atoms with Crippen LogP contribution in [-0.2, 0) is 16.3 Å². The number of halogens is 2. The van der Waals surface area contributed by atoms with Crippen molar-refractivity contribution in [2.24, 2.45) is 0 Å². The quantitative estimate of drug-likeness (QED) is 0.842. The molecule has 10 heteroatoms. The molecular weight excluding hydrogens is 313 g/mol. The topological polar surface area (TPSA) is 68.0 Å². The third-order valence-corrected chi connectivity index (χ3v) is 3.79. The van der Waals surface area contributed by atoms with Gasteiger partial charge in [0.2, 0.25) is 11.7 Å². The zero-order valence-electron chi connectivity index (χ0n) is 12.5. The van der Waals surface area contributed by atoms with E-state index in [0.717, 1.165) is 11.1 Å². The molecule has 0 saturated carbocycles. The van der Waals surface area contributed by atoms with Crippen molar-refractivity contribution in [3.63, 3.8) is 0 Å². The Kier molecular flexibility index (Phi) is 4.23. The van der Waals surface area contributed by atoms with E-state index in [1.54, 1.807) is 12.1 Å².